The summed E-state index contributed by atoms with van der Waals surface area (Å²) in [6, 6.07) is 10.7. The first-order valence-electron chi connectivity index (χ1n) is 7.47. The van der Waals surface area contributed by atoms with Gasteiger partial charge >= 0.3 is 0 Å². The van der Waals surface area contributed by atoms with Crippen LogP contribution in [0.2, 0.25) is 10.0 Å². The van der Waals surface area contributed by atoms with Crippen molar-refractivity contribution in [3.05, 3.63) is 70.2 Å². The average molecular weight is 367 g/mol. The van der Waals surface area contributed by atoms with Crippen LogP contribution in [0.4, 0.5) is 0 Å². The van der Waals surface area contributed by atoms with Crippen LogP contribution in [0, 0.1) is 0 Å². The second-order valence-corrected chi connectivity index (χ2v) is 6.21. The van der Waals surface area contributed by atoms with Crippen molar-refractivity contribution in [2.45, 2.75) is 18.4 Å². The lowest BCUT2D eigenvalue weighted by atomic mass is 9.90. The number of aliphatic hydroxyl groups excluding tert-OH is 1. The number of hydrogen-bond donors (Lipinski definition) is 1. The van der Waals surface area contributed by atoms with Gasteiger partial charge in [0.05, 0.1) is 20.3 Å². The predicted octanol–water partition coefficient (Wildman–Crippen LogP) is 5.40. The first kappa shape index (κ1) is 18.7. The summed E-state index contributed by atoms with van der Waals surface area (Å²) in [5.74, 6) is 1.13. The molecule has 0 radical (unpaired) electrons. The molecule has 0 saturated heterocycles. The Hall–Kier alpha value is -1.68. The summed E-state index contributed by atoms with van der Waals surface area (Å²) in [5, 5.41) is 11.8. The predicted molar refractivity (Wildman–Crippen MR) is 98.5 cm³/mol. The van der Waals surface area contributed by atoms with Crippen LogP contribution >= 0.6 is 23.2 Å². The van der Waals surface area contributed by atoms with Crippen LogP contribution in [0.15, 0.2) is 49.1 Å². The molecule has 2 unspecified atom stereocenters. The highest BCUT2D eigenvalue weighted by Gasteiger charge is 2.20. The maximum Gasteiger partial charge on any atom is 0.128 e. The minimum Gasteiger partial charge on any atom is -0.497 e. The van der Waals surface area contributed by atoms with Crippen molar-refractivity contribution in [2.24, 2.45) is 0 Å². The van der Waals surface area contributed by atoms with Crippen LogP contribution in [0.1, 0.15) is 29.6 Å². The van der Waals surface area contributed by atoms with E-state index in [4.69, 9.17) is 32.7 Å². The molecule has 0 bridgehead atoms. The molecule has 0 aliphatic rings. The fourth-order valence-electron chi connectivity index (χ4n) is 2.61. The molecule has 0 amide bonds. The van der Waals surface area contributed by atoms with E-state index in [-0.39, 0.29) is 5.92 Å². The van der Waals surface area contributed by atoms with E-state index in [0.29, 0.717) is 33.5 Å². The van der Waals surface area contributed by atoms with E-state index < -0.39 is 6.10 Å². The summed E-state index contributed by atoms with van der Waals surface area (Å²) >= 11 is 12.2. The molecule has 3 nitrogen and oxygen atoms in total. The monoisotopic (exact) mass is 366 g/mol. The van der Waals surface area contributed by atoms with Gasteiger partial charge in [0, 0.05) is 27.6 Å². The van der Waals surface area contributed by atoms with E-state index in [1.54, 1.807) is 50.6 Å². The second kappa shape index (κ2) is 8.43. The highest BCUT2D eigenvalue weighted by atomic mass is 35.5. The first-order chi connectivity index (χ1) is 11.5. The zero-order valence-corrected chi connectivity index (χ0v) is 15.1. The molecule has 0 saturated carbocycles. The van der Waals surface area contributed by atoms with E-state index in [2.05, 4.69) is 6.58 Å². The van der Waals surface area contributed by atoms with Gasteiger partial charge < -0.3 is 14.6 Å². The van der Waals surface area contributed by atoms with Crippen molar-refractivity contribution < 1.29 is 14.6 Å². The highest BCUT2D eigenvalue weighted by molar-refractivity contribution is 6.35. The van der Waals surface area contributed by atoms with Gasteiger partial charge in [0.1, 0.15) is 11.5 Å². The third-order valence-corrected chi connectivity index (χ3v) is 4.49. The number of rotatable bonds is 7. The van der Waals surface area contributed by atoms with Gasteiger partial charge in [-0.05, 0) is 36.2 Å². The molecule has 0 heterocycles. The largest absolute Gasteiger partial charge is 0.497 e. The van der Waals surface area contributed by atoms with Gasteiger partial charge in [-0.2, -0.15) is 0 Å². The minimum atomic E-state index is -0.736. The summed E-state index contributed by atoms with van der Waals surface area (Å²) in [4.78, 5) is 0. The maximum atomic E-state index is 10.7. The number of methoxy groups -OCH3 is 2. The number of allylic oxidation sites excluding steroid dienone is 1. The van der Waals surface area contributed by atoms with Crippen molar-refractivity contribution >= 4 is 23.2 Å². The maximum absolute atomic E-state index is 10.7. The third-order valence-electron chi connectivity index (χ3n) is 3.92. The van der Waals surface area contributed by atoms with Crippen LogP contribution in [0.5, 0.6) is 11.5 Å². The number of hydrogen-bond acceptors (Lipinski definition) is 3. The molecule has 0 aliphatic heterocycles. The van der Waals surface area contributed by atoms with Gasteiger partial charge in [-0.1, -0.05) is 35.3 Å². The van der Waals surface area contributed by atoms with E-state index in [1.165, 1.54) is 0 Å². The van der Waals surface area contributed by atoms with E-state index in [0.717, 1.165) is 5.56 Å². The summed E-state index contributed by atoms with van der Waals surface area (Å²) < 4.78 is 10.5. The Morgan fingerprint density at radius 2 is 1.79 bits per heavy atom. The molecule has 0 aliphatic carbocycles. The molecule has 128 valence electrons. The van der Waals surface area contributed by atoms with Gasteiger partial charge in [-0.25, -0.2) is 0 Å². The second-order valence-electron chi connectivity index (χ2n) is 5.37. The van der Waals surface area contributed by atoms with Crippen LogP contribution < -0.4 is 9.47 Å². The zero-order chi connectivity index (χ0) is 17.7. The third kappa shape index (κ3) is 4.23. The summed E-state index contributed by atoms with van der Waals surface area (Å²) in [6.45, 7) is 3.86. The van der Waals surface area contributed by atoms with Crippen molar-refractivity contribution in [2.75, 3.05) is 14.2 Å². The molecule has 2 aromatic carbocycles. The number of benzene rings is 2. The summed E-state index contributed by atoms with van der Waals surface area (Å²) in [7, 11) is 3.15. The Balaban J connectivity index is 2.26. The van der Waals surface area contributed by atoms with Gasteiger partial charge in [0.2, 0.25) is 0 Å². The lowest BCUT2D eigenvalue weighted by Gasteiger charge is -2.21. The molecule has 0 spiro atoms. The minimum absolute atomic E-state index is 0.114. The quantitative estimate of drug-likeness (QED) is 0.666. The molecule has 2 rings (SSSR count). The van der Waals surface area contributed by atoms with Crippen LogP contribution in [-0.2, 0) is 0 Å². The Labute approximate surface area is 152 Å². The Bertz CT molecular complexity index is 716. The molecular weight excluding hydrogens is 347 g/mol. The Morgan fingerprint density at radius 3 is 2.38 bits per heavy atom. The van der Waals surface area contributed by atoms with Gasteiger partial charge in [-0.15, -0.1) is 6.58 Å². The number of halogens is 2. The molecule has 0 fully saturated rings. The van der Waals surface area contributed by atoms with Crippen molar-refractivity contribution in [1.82, 2.24) is 0 Å². The Morgan fingerprint density at radius 1 is 1.08 bits per heavy atom. The number of ether oxygens (including phenoxy) is 2. The molecule has 0 aromatic heterocycles. The van der Waals surface area contributed by atoms with Crippen molar-refractivity contribution in [3.8, 4) is 11.5 Å². The van der Waals surface area contributed by atoms with Crippen molar-refractivity contribution in [1.29, 1.82) is 0 Å². The summed E-state index contributed by atoms with van der Waals surface area (Å²) in [5.41, 5.74) is 1.57. The molecule has 24 heavy (non-hydrogen) atoms. The molecule has 2 aromatic rings. The van der Waals surface area contributed by atoms with Crippen LogP contribution in [0.25, 0.3) is 0 Å². The molecule has 2 atom stereocenters. The Kier molecular flexibility index (Phi) is 6.55. The lowest BCUT2D eigenvalue weighted by molar-refractivity contribution is 0.158. The molecular formula is C19H20Cl2O3. The fourth-order valence-corrected chi connectivity index (χ4v) is 3.16. The molecule has 5 heteroatoms. The fraction of sp³-hybridized carbons (Fsp3) is 0.263. The van der Waals surface area contributed by atoms with Gasteiger partial charge in [-0.3, -0.25) is 0 Å². The molecule has 1 N–H and O–H groups in total. The topological polar surface area (TPSA) is 38.7 Å². The van der Waals surface area contributed by atoms with E-state index in [1.807, 2.05) is 6.07 Å². The lowest BCUT2D eigenvalue weighted by Crippen LogP contribution is -2.07. The first-order valence-corrected chi connectivity index (χ1v) is 8.23. The van der Waals surface area contributed by atoms with Crippen molar-refractivity contribution in [3.63, 3.8) is 0 Å². The van der Waals surface area contributed by atoms with E-state index >= 15 is 0 Å². The SMILES string of the molecule is C=CC(CC(O)c1ccc(OC)cc1OC)c1ccc(Cl)cc1Cl. The average Bonchev–Trinajstić information content (AvgIpc) is 2.59. The summed E-state index contributed by atoms with van der Waals surface area (Å²) in [6.07, 6.45) is 1.46. The van der Waals surface area contributed by atoms with Gasteiger partial charge in [0.25, 0.3) is 0 Å². The highest BCUT2D eigenvalue weighted by Crippen LogP contribution is 2.37. The van der Waals surface area contributed by atoms with E-state index in [9.17, 15) is 5.11 Å². The number of aliphatic hydroxyl groups is 1. The standard InChI is InChI=1S/C19H20Cl2O3/c1-4-12(15-7-5-13(20)10-17(15)21)9-18(22)16-8-6-14(23-2)11-19(16)24-3/h4-8,10-12,18,22H,1,9H2,2-3H3. The zero-order valence-electron chi connectivity index (χ0n) is 13.6. The van der Waals surface area contributed by atoms with Gasteiger partial charge in [0.15, 0.2) is 0 Å². The van der Waals surface area contributed by atoms with Crippen LogP contribution in [-0.4, -0.2) is 19.3 Å². The van der Waals surface area contributed by atoms with Crippen LogP contribution in [0.3, 0.4) is 0 Å². The normalized spacial score (nSPS) is 13.2. The smallest absolute Gasteiger partial charge is 0.128 e.